The summed E-state index contributed by atoms with van der Waals surface area (Å²) in [6, 6.07) is 6.19. The number of aryl methyl sites for hydroxylation is 1. The van der Waals surface area contributed by atoms with Gasteiger partial charge in [0, 0.05) is 12.2 Å². The summed E-state index contributed by atoms with van der Waals surface area (Å²) in [5.74, 6) is -1.30. The van der Waals surface area contributed by atoms with Gasteiger partial charge in [0.2, 0.25) is 0 Å². The zero-order valence-electron chi connectivity index (χ0n) is 11.3. The number of thiazole rings is 1. The van der Waals surface area contributed by atoms with E-state index < -0.39 is 5.97 Å². The first kappa shape index (κ1) is 14.5. The standard InChI is InChI=1S/C14H15FN2O2S/c1-3-11-12(13(18)19)20-14(16-11)17(4-2)10-7-5-6-9(15)8-10/h5-8H,3-4H2,1-2H3,(H,18,19). The Morgan fingerprint density at radius 2 is 2.20 bits per heavy atom. The lowest BCUT2D eigenvalue weighted by Crippen LogP contribution is -2.15. The van der Waals surface area contributed by atoms with E-state index in [1.54, 1.807) is 17.0 Å². The molecule has 20 heavy (non-hydrogen) atoms. The Labute approximate surface area is 120 Å². The number of hydrogen-bond donors (Lipinski definition) is 1. The maximum Gasteiger partial charge on any atom is 0.347 e. The second-order valence-electron chi connectivity index (χ2n) is 4.16. The van der Waals surface area contributed by atoms with Crippen molar-refractivity contribution in [1.29, 1.82) is 0 Å². The van der Waals surface area contributed by atoms with E-state index in [0.29, 0.717) is 29.5 Å². The lowest BCUT2D eigenvalue weighted by Gasteiger charge is -2.19. The summed E-state index contributed by atoms with van der Waals surface area (Å²) in [6.45, 7) is 4.36. The van der Waals surface area contributed by atoms with Crippen LogP contribution in [0.5, 0.6) is 0 Å². The van der Waals surface area contributed by atoms with E-state index in [0.717, 1.165) is 11.3 Å². The van der Waals surface area contributed by atoms with Gasteiger partial charge in [0.1, 0.15) is 10.7 Å². The Balaban J connectivity index is 2.44. The van der Waals surface area contributed by atoms with Crippen LogP contribution in [0.4, 0.5) is 15.2 Å². The topological polar surface area (TPSA) is 53.4 Å². The maximum atomic E-state index is 13.3. The highest BCUT2D eigenvalue weighted by atomic mass is 32.1. The molecule has 1 heterocycles. The number of nitrogens with zero attached hydrogens (tertiary/aromatic N) is 2. The number of carboxylic acid groups (broad SMARTS) is 1. The second-order valence-corrected chi connectivity index (χ2v) is 5.13. The third-order valence-corrected chi connectivity index (χ3v) is 3.99. The van der Waals surface area contributed by atoms with E-state index >= 15 is 0 Å². The van der Waals surface area contributed by atoms with E-state index in [1.165, 1.54) is 12.1 Å². The number of aromatic nitrogens is 1. The molecule has 106 valence electrons. The molecule has 2 rings (SSSR count). The molecule has 0 aliphatic heterocycles. The van der Waals surface area contributed by atoms with Crippen LogP contribution >= 0.6 is 11.3 Å². The Hall–Kier alpha value is -1.95. The maximum absolute atomic E-state index is 13.3. The Bertz CT molecular complexity index is 627. The van der Waals surface area contributed by atoms with Crippen LogP contribution in [0.2, 0.25) is 0 Å². The number of carboxylic acids is 1. The van der Waals surface area contributed by atoms with Gasteiger partial charge in [-0.2, -0.15) is 0 Å². The van der Waals surface area contributed by atoms with Gasteiger partial charge >= 0.3 is 5.97 Å². The predicted octanol–water partition coefficient (Wildman–Crippen LogP) is 3.70. The lowest BCUT2D eigenvalue weighted by atomic mass is 10.3. The summed E-state index contributed by atoms with van der Waals surface area (Å²) in [4.78, 5) is 17.6. The van der Waals surface area contributed by atoms with Crippen LogP contribution in [0.15, 0.2) is 24.3 Å². The molecule has 1 N–H and O–H groups in total. The van der Waals surface area contributed by atoms with Gasteiger partial charge in [0.25, 0.3) is 0 Å². The predicted molar refractivity (Wildman–Crippen MR) is 77.5 cm³/mol. The number of aromatic carboxylic acids is 1. The van der Waals surface area contributed by atoms with Crippen LogP contribution in [-0.2, 0) is 6.42 Å². The van der Waals surface area contributed by atoms with Gasteiger partial charge in [-0.25, -0.2) is 14.2 Å². The molecule has 4 nitrogen and oxygen atoms in total. The van der Waals surface area contributed by atoms with Crippen molar-refractivity contribution in [2.75, 3.05) is 11.4 Å². The van der Waals surface area contributed by atoms with Crippen LogP contribution in [0.3, 0.4) is 0 Å². The molecule has 0 amide bonds. The fourth-order valence-corrected chi connectivity index (χ4v) is 3.01. The number of halogens is 1. The van der Waals surface area contributed by atoms with Crippen LogP contribution in [0, 0.1) is 5.82 Å². The number of hydrogen-bond acceptors (Lipinski definition) is 4. The van der Waals surface area contributed by atoms with Crippen LogP contribution < -0.4 is 4.90 Å². The molecule has 0 saturated heterocycles. The van der Waals surface area contributed by atoms with Crippen molar-refractivity contribution in [3.63, 3.8) is 0 Å². The van der Waals surface area contributed by atoms with E-state index in [-0.39, 0.29) is 10.7 Å². The van der Waals surface area contributed by atoms with Crippen molar-refractivity contribution in [3.05, 3.63) is 40.7 Å². The summed E-state index contributed by atoms with van der Waals surface area (Å²) in [5.41, 5.74) is 1.23. The molecule has 0 atom stereocenters. The van der Waals surface area contributed by atoms with Gasteiger partial charge in [-0.15, -0.1) is 0 Å². The fraction of sp³-hybridized carbons (Fsp3) is 0.286. The average molecular weight is 294 g/mol. The molecule has 0 saturated carbocycles. The highest BCUT2D eigenvalue weighted by molar-refractivity contribution is 7.17. The van der Waals surface area contributed by atoms with Gasteiger partial charge in [-0.3, -0.25) is 0 Å². The molecule has 0 fully saturated rings. The molecular weight excluding hydrogens is 279 g/mol. The molecule has 0 spiro atoms. The van der Waals surface area contributed by atoms with Gasteiger partial charge in [0.05, 0.1) is 5.69 Å². The fourth-order valence-electron chi connectivity index (χ4n) is 1.93. The number of carbonyl (C=O) groups is 1. The van der Waals surface area contributed by atoms with Crippen molar-refractivity contribution < 1.29 is 14.3 Å². The molecule has 0 bridgehead atoms. The number of benzene rings is 1. The third kappa shape index (κ3) is 2.80. The minimum Gasteiger partial charge on any atom is -0.477 e. The second kappa shape index (κ2) is 6.00. The van der Waals surface area contributed by atoms with Gasteiger partial charge in [-0.1, -0.05) is 24.3 Å². The molecule has 1 aromatic heterocycles. The zero-order valence-corrected chi connectivity index (χ0v) is 12.1. The minimum atomic E-state index is -0.971. The molecule has 2 aromatic rings. The van der Waals surface area contributed by atoms with Gasteiger partial charge < -0.3 is 10.0 Å². The van der Waals surface area contributed by atoms with Crippen LogP contribution in [0.25, 0.3) is 0 Å². The lowest BCUT2D eigenvalue weighted by molar-refractivity contribution is 0.0701. The third-order valence-electron chi connectivity index (χ3n) is 2.88. The van der Waals surface area contributed by atoms with E-state index in [1.807, 2.05) is 13.8 Å². The van der Waals surface area contributed by atoms with Crippen molar-refractivity contribution in [2.24, 2.45) is 0 Å². The first-order valence-corrected chi connectivity index (χ1v) is 7.14. The molecular formula is C14H15FN2O2S. The minimum absolute atomic E-state index is 0.248. The number of anilines is 2. The van der Waals surface area contributed by atoms with Crippen molar-refractivity contribution >= 4 is 28.1 Å². The van der Waals surface area contributed by atoms with Crippen molar-refractivity contribution in [2.45, 2.75) is 20.3 Å². The first-order valence-electron chi connectivity index (χ1n) is 6.32. The number of rotatable bonds is 5. The summed E-state index contributed by atoms with van der Waals surface area (Å²) in [6.07, 6.45) is 0.554. The van der Waals surface area contributed by atoms with Crippen molar-refractivity contribution in [1.82, 2.24) is 4.98 Å². The highest BCUT2D eigenvalue weighted by Gasteiger charge is 2.20. The highest BCUT2D eigenvalue weighted by Crippen LogP contribution is 2.32. The summed E-state index contributed by atoms with van der Waals surface area (Å²) in [7, 11) is 0. The first-order chi connectivity index (χ1) is 9.56. The zero-order chi connectivity index (χ0) is 14.7. The van der Waals surface area contributed by atoms with Crippen LogP contribution in [-0.4, -0.2) is 22.6 Å². The molecule has 0 aliphatic carbocycles. The van der Waals surface area contributed by atoms with Crippen LogP contribution in [0.1, 0.15) is 29.2 Å². The summed E-state index contributed by atoms with van der Waals surface area (Å²) in [5, 5.41) is 9.75. The normalized spacial score (nSPS) is 10.6. The SMILES string of the molecule is CCc1nc(N(CC)c2cccc(F)c2)sc1C(=O)O. The average Bonchev–Trinajstić information content (AvgIpc) is 2.84. The monoisotopic (exact) mass is 294 g/mol. The van der Waals surface area contributed by atoms with E-state index in [4.69, 9.17) is 0 Å². The van der Waals surface area contributed by atoms with Gasteiger partial charge in [-0.05, 0) is 31.5 Å². The Kier molecular flexibility index (Phi) is 4.34. The Morgan fingerprint density at radius 3 is 2.70 bits per heavy atom. The quantitative estimate of drug-likeness (QED) is 0.913. The molecule has 0 radical (unpaired) electrons. The molecule has 0 aliphatic rings. The van der Waals surface area contributed by atoms with E-state index in [9.17, 15) is 14.3 Å². The van der Waals surface area contributed by atoms with Crippen molar-refractivity contribution in [3.8, 4) is 0 Å². The molecule has 0 unspecified atom stereocenters. The molecule has 6 heteroatoms. The Morgan fingerprint density at radius 1 is 1.45 bits per heavy atom. The van der Waals surface area contributed by atoms with E-state index in [2.05, 4.69) is 4.98 Å². The smallest absolute Gasteiger partial charge is 0.347 e. The largest absolute Gasteiger partial charge is 0.477 e. The molecule has 1 aromatic carbocycles. The summed E-state index contributed by atoms with van der Waals surface area (Å²) >= 11 is 1.12. The van der Waals surface area contributed by atoms with Gasteiger partial charge in [0.15, 0.2) is 5.13 Å². The summed E-state index contributed by atoms with van der Waals surface area (Å²) < 4.78 is 13.3.